The summed E-state index contributed by atoms with van der Waals surface area (Å²) in [7, 11) is 1.87. The van der Waals surface area contributed by atoms with E-state index in [1.54, 1.807) is 16.9 Å². The first-order valence-corrected chi connectivity index (χ1v) is 9.86. The maximum absolute atomic E-state index is 10.6. The normalized spacial score (nSPS) is 17.1. The summed E-state index contributed by atoms with van der Waals surface area (Å²) in [5.41, 5.74) is 3.06. The van der Waals surface area contributed by atoms with Crippen molar-refractivity contribution >= 4 is 5.82 Å². The molecule has 0 atom stereocenters. The van der Waals surface area contributed by atoms with Crippen molar-refractivity contribution in [3.8, 4) is 33.9 Å². The fraction of sp³-hybridized carbons (Fsp3) is 0.381. The molecule has 0 unspecified atom stereocenters. The van der Waals surface area contributed by atoms with Crippen molar-refractivity contribution in [3.63, 3.8) is 0 Å². The summed E-state index contributed by atoms with van der Waals surface area (Å²) in [6.45, 7) is 2.97. The molecular weight excluding hydrogens is 370 g/mol. The van der Waals surface area contributed by atoms with Crippen LogP contribution in [-0.4, -0.2) is 57.5 Å². The van der Waals surface area contributed by atoms with Crippen molar-refractivity contribution in [1.29, 1.82) is 0 Å². The van der Waals surface area contributed by atoms with Gasteiger partial charge in [0.05, 0.1) is 12.7 Å². The number of nitrogens with zero attached hydrogens (tertiary/aromatic N) is 5. The quantitative estimate of drug-likeness (QED) is 0.732. The van der Waals surface area contributed by atoms with Crippen LogP contribution in [-0.2, 0) is 11.8 Å². The van der Waals surface area contributed by atoms with E-state index in [1.807, 2.05) is 31.4 Å². The second kappa shape index (κ2) is 7.36. The highest BCUT2D eigenvalue weighted by Gasteiger charge is 2.29. The number of aromatic nitrogens is 4. The molecule has 3 aromatic rings. The van der Waals surface area contributed by atoms with E-state index in [2.05, 4.69) is 20.2 Å². The highest BCUT2D eigenvalue weighted by molar-refractivity contribution is 5.75. The molecule has 1 fully saturated rings. The summed E-state index contributed by atoms with van der Waals surface area (Å²) in [6.07, 6.45) is 5.65. The zero-order valence-corrected chi connectivity index (χ0v) is 16.3. The topological polar surface area (TPSA) is 85.5 Å². The number of aromatic hydroxyl groups is 1. The largest absolute Gasteiger partial charge is 0.507 e. The molecule has 2 aliphatic heterocycles. The Labute approximate surface area is 168 Å². The van der Waals surface area contributed by atoms with Crippen molar-refractivity contribution in [2.24, 2.45) is 7.05 Å². The van der Waals surface area contributed by atoms with Gasteiger partial charge in [-0.05, 0) is 30.5 Å². The Bertz CT molecular complexity index is 1030. The monoisotopic (exact) mass is 393 g/mol. The van der Waals surface area contributed by atoms with Gasteiger partial charge in [0.1, 0.15) is 18.1 Å². The van der Waals surface area contributed by atoms with Gasteiger partial charge in [-0.15, -0.1) is 10.2 Å². The summed E-state index contributed by atoms with van der Waals surface area (Å²) in [5, 5.41) is 23.7. The van der Waals surface area contributed by atoms with Gasteiger partial charge in [0.2, 0.25) is 0 Å². The van der Waals surface area contributed by atoms with E-state index in [4.69, 9.17) is 9.47 Å². The lowest BCUT2D eigenvalue weighted by Gasteiger charge is -2.38. The Hall–Kier alpha value is -3.13. The van der Waals surface area contributed by atoms with Crippen LogP contribution in [0.1, 0.15) is 12.8 Å². The lowest BCUT2D eigenvalue weighted by Crippen LogP contribution is -2.44. The van der Waals surface area contributed by atoms with Crippen LogP contribution in [0.4, 0.5) is 5.82 Å². The molecule has 150 valence electrons. The molecule has 29 heavy (non-hydrogen) atoms. The lowest BCUT2D eigenvalue weighted by atomic mass is 10.0. The van der Waals surface area contributed by atoms with E-state index in [0.29, 0.717) is 29.7 Å². The second-order valence-electron chi connectivity index (χ2n) is 7.44. The molecule has 4 heterocycles. The third-order valence-corrected chi connectivity index (χ3v) is 5.55. The molecule has 0 radical (unpaired) electrons. The first-order chi connectivity index (χ1) is 14.2. The van der Waals surface area contributed by atoms with Gasteiger partial charge in [0, 0.05) is 49.7 Å². The Balaban J connectivity index is 1.45. The molecule has 1 aromatic carbocycles. The zero-order chi connectivity index (χ0) is 19.8. The van der Waals surface area contributed by atoms with Crippen molar-refractivity contribution in [2.75, 3.05) is 31.3 Å². The smallest absolute Gasteiger partial charge is 0.194 e. The Kier molecular flexibility index (Phi) is 4.55. The zero-order valence-electron chi connectivity index (χ0n) is 16.3. The minimum Gasteiger partial charge on any atom is -0.507 e. The van der Waals surface area contributed by atoms with E-state index in [9.17, 15) is 5.11 Å². The average Bonchev–Trinajstić information content (AvgIpc) is 3.20. The van der Waals surface area contributed by atoms with Crippen LogP contribution in [0.2, 0.25) is 0 Å². The number of ether oxygens (including phenoxy) is 2. The van der Waals surface area contributed by atoms with Crippen LogP contribution in [0.25, 0.3) is 22.4 Å². The number of benzene rings is 1. The Morgan fingerprint density at radius 3 is 2.69 bits per heavy atom. The molecule has 1 N–H and O–H groups in total. The van der Waals surface area contributed by atoms with E-state index in [-0.39, 0.29) is 5.75 Å². The summed E-state index contributed by atoms with van der Waals surface area (Å²) in [4.78, 5) is 2.28. The average molecular weight is 393 g/mol. The molecule has 0 bridgehead atoms. The van der Waals surface area contributed by atoms with Crippen LogP contribution < -0.4 is 9.64 Å². The minimum absolute atomic E-state index is 0.151. The third kappa shape index (κ3) is 3.40. The molecule has 0 aliphatic carbocycles. The number of rotatable bonds is 3. The fourth-order valence-electron chi connectivity index (χ4n) is 4.02. The Morgan fingerprint density at radius 2 is 1.93 bits per heavy atom. The van der Waals surface area contributed by atoms with Crippen LogP contribution in [0.3, 0.4) is 0 Å². The molecule has 8 heteroatoms. The van der Waals surface area contributed by atoms with E-state index < -0.39 is 0 Å². The predicted molar refractivity (Wildman–Crippen MR) is 108 cm³/mol. The maximum Gasteiger partial charge on any atom is 0.194 e. The number of fused-ring (bicyclic) bond motifs is 1. The van der Waals surface area contributed by atoms with Gasteiger partial charge in [-0.25, -0.2) is 0 Å². The van der Waals surface area contributed by atoms with E-state index in [0.717, 1.165) is 49.5 Å². The highest BCUT2D eigenvalue weighted by Crippen LogP contribution is 2.38. The van der Waals surface area contributed by atoms with Gasteiger partial charge >= 0.3 is 0 Å². The molecule has 1 saturated heterocycles. The van der Waals surface area contributed by atoms with Crippen molar-refractivity contribution < 1.29 is 14.6 Å². The standard InChI is InChI=1S/C21H23N5O3/c1-25-13-15(12-22-25)14-2-3-17(19(27)10-14)18-11-20-21(24-23-18)26(6-9-29-20)16-4-7-28-8-5-16/h2-3,10-13,16,27H,4-9H2,1H3. The first kappa shape index (κ1) is 17.9. The van der Waals surface area contributed by atoms with Crippen LogP contribution >= 0.6 is 0 Å². The molecule has 8 nitrogen and oxygen atoms in total. The predicted octanol–water partition coefficient (Wildman–Crippen LogP) is 2.63. The van der Waals surface area contributed by atoms with Crippen molar-refractivity contribution in [3.05, 3.63) is 36.7 Å². The summed E-state index contributed by atoms with van der Waals surface area (Å²) in [6, 6.07) is 7.80. The Morgan fingerprint density at radius 1 is 1.07 bits per heavy atom. The van der Waals surface area contributed by atoms with Crippen LogP contribution in [0, 0.1) is 0 Å². The van der Waals surface area contributed by atoms with Crippen molar-refractivity contribution in [2.45, 2.75) is 18.9 Å². The number of aryl methyl sites for hydroxylation is 1. The molecule has 0 saturated carbocycles. The number of phenolic OH excluding ortho intramolecular Hbond substituents is 1. The maximum atomic E-state index is 10.6. The molecule has 2 aliphatic rings. The molecule has 5 rings (SSSR count). The number of hydrogen-bond acceptors (Lipinski definition) is 7. The number of hydrogen-bond donors (Lipinski definition) is 1. The van der Waals surface area contributed by atoms with Gasteiger partial charge in [-0.3, -0.25) is 4.68 Å². The number of anilines is 1. The summed E-state index contributed by atoms with van der Waals surface area (Å²) >= 11 is 0. The SMILES string of the molecule is Cn1cc(-c2ccc(-c3cc4c(nn3)N(C3CCOCC3)CCO4)c(O)c2)cn1. The lowest BCUT2D eigenvalue weighted by molar-refractivity contribution is 0.0825. The summed E-state index contributed by atoms with van der Waals surface area (Å²) in [5.74, 6) is 1.64. The van der Waals surface area contributed by atoms with Crippen LogP contribution in [0.5, 0.6) is 11.5 Å². The van der Waals surface area contributed by atoms with E-state index >= 15 is 0 Å². The van der Waals surface area contributed by atoms with Gasteiger partial charge in [-0.2, -0.15) is 5.10 Å². The molecular formula is C21H23N5O3. The van der Waals surface area contributed by atoms with Crippen LogP contribution in [0.15, 0.2) is 36.7 Å². The third-order valence-electron chi connectivity index (χ3n) is 5.55. The van der Waals surface area contributed by atoms with Crippen molar-refractivity contribution in [1.82, 2.24) is 20.0 Å². The minimum atomic E-state index is 0.151. The van der Waals surface area contributed by atoms with Gasteiger partial charge in [0.25, 0.3) is 0 Å². The van der Waals surface area contributed by atoms with Gasteiger partial charge in [-0.1, -0.05) is 6.07 Å². The number of phenols is 1. The highest BCUT2D eigenvalue weighted by atomic mass is 16.5. The second-order valence-corrected chi connectivity index (χ2v) is 7.44. The van der Waals surface area contributed by atoms with Gasteiger partial charge < -0.3 is 19.5 Å². The first-order valence-electron chi connectivity index (χ1n) is 9.86. The molecule has 2 aromatic heterocycles. The fourth-order valence-corrected chi connectivity index (χ4v) is 4.02. The molecule has 0 amide bonds. The van der Waals surface area contributed by atoms with Gasteiger partial charge in [0.15, 0.2) is 11.6 Å². The molecule has 0 spiro atoms. The van der Waals surface area contributed by atoms with E-state index in [1.165, 1.54) is 0 Å². The summed E-state index contributed by atoms with van der Waals surface area (Å²) < 4.78 is 13.1.